The molecule has 27 heavy (non-hydrogen) atoms. The molecule has 1 aromatic carbocycles. The fourth-order valence-corrected chi connectivity index (χ4v) is 1.94. The van der Waals surface area contributed by atoms with Crippen LogP contribution in [0.5, 0.6) is 11.5 Å². The van der Waals surface area contributed by atoms with Gasteiger partial charge in [0.2, 0.25) is 0 Å². The molecule has 3 amide bonds. The highest BCUT2D eigenvalue weighted by atomic mass is 16.6. The number of ketones is 1. The summed E-state index contributed by atoms with van der Waals surface area (Å²) < 4.78 is 15.4. The molecule has 0 aliphatic carbocycles. The van der Waals surface area contributed by atoms with Gasteiger partial charge in [-0.2, -0.15) is 0 Å². The van der Waals surface area contributed by atoms with Crippen molar-refractivity contribution in [3.8, 4) is 11.5 Å². The van der Waals surface area contributed by atoms with Gasteiger partial charge >= 0.3 is 12.0 Å². The Morgan fingerprint density at radius 3 is 2.30 bits per heavy atom. The molecule has 1 aromatic rings. The van der Waals surface area contributed by atoms with Gasteiger partial charge in [0.05, 0.1) is 7.11 Å². The Morgan fingerprint density at radius 1 is 1.07 bits per heavy atom. The number of esters is 1. The smallest absolute Gasteiger partial charge is 0.344 e. The highest BCUT2D eigenvalue weighted by molar-refractivity contribution is 5.97. The van der Waals surface area contributed by atoms with E-state index in [9.17, 15) is 19.2 Å². The molecule has 0 saturated heterocycles. The van der Waals surface area contributed by atoms with Crippen LogP contribution in [0.25, 0.3) is 0 Å². The summed E-state index contributed by atoms with van der Waals surface area (Å²) in [4.78, 5) is 46.5. The van der Waals surface area contributed by atoms with Crippen LogP contribution in [-0.2, 0) is 14.3 Å². The minimum atomic E-state index is -1.18. The number of hydrogen-bond donors (Lipinski definition) is 2. The van der Waals surface area contributed by atoms with Gasteiger partial charge in [-0.1, -0.05) is 0 Å². The quantitative estimate of drug-likeness (QED) is 0.517. The molecule has 0 spiro atoms. The Hall–Kier alpha value is -3.10. The predicted octanol–water partition coefficient (Wildman–Crippen LogP) is 1.44. The van der Waals surface area contributed by atoms with Crippen LogP contribution < -0.4 is 20.1 Å². The SMILES string of the molecule is COc1cc(C(C)=O)ccc1OCC(=O)O[C@H](C)C(=O)NC(=O)NC(C)C. The van der Waals surface area contributed by atoms with Crippen molar-refractivity contribution in [3.63, 3.8) is 0 Å². The third-order valence-corrected chi connectivity index (χ3v) is 3.25. The Kier molecular flexibility index (Phi) is 8.25. The van der Waals surface area contributed by atoms with Crippen LogP contribution in [0.15, 0.2) is 18.2 Å². The monoisotopic (exact) mass is 380 g/mol. The lowest BCUT2D eigenvalue weighted by Crippen LogP contribution is -2.46. The van der Waals surface area contributed by atoms with E-state index in [-0.39, 0.29) is 23.3 Å². The summed E-state index contributed by atoms with van der Waals surface area (Å²) in [7, 11) is 1.40. The normalized spacial score (nSPS) is 11.3. The van der Waals surface area contributed by atoms with Crippen LogP contribution in [0.2, 0.25) is 0 Å². The molecule has 0 saturated carbocycles. The van der Waals surface area contributed by atoms with Crippen LogP contribution in [-0.4, -0.2) is 49.6 Å². The third kappa shape index (κ3) is 7.35. The average molecular weight is 380 g/mol. The van der Waals surface area contributed by atoms with Crippen LogP contribution in [0.1, 0.15) is 38.1 Å². The zero-order valence-electron chi connectivity index (χ0n) is 16.0. The Balaban J connectivity index is 2.56. The first-order valence-corrected chi connectivity index (χ1v) is 8.26. The lowest BCUT2D eigenvalue weighted by Gasteiger charge is -2.15. The minimum absolute atomic E-state index is 0.138. The number of ether oxygens (including phenoxy) is 3. The first-order chi connectivity index (χ1) is 12.6. The number of rotatable bonds is 8. The molecule has 1 rings (SSSR count). The maximum Gasteiger partial charge on any atom is 0.344 e. The summed E-state index contributed by atoms with van der Waals surface area (Å²) in [6.07, 6.45) is -1.18. The minimum Gasteiger partial charge on any atom is -0.493 e. The lowest BCUT2D eigenvalue weighted by atomic mass is 10.1. The van der Waals surface area contributed by atoms with Crippen molar-refractivity contribution >= 4 is 23.7 Å². The van der Waals surface area contributed by atoms with E-state index in [0.29, 0.717) is 5.56 Å². The molecule has 2 N–H and O–H groups in total. The summed E-state index contributed by atoms with van der Waals surface area (Å²) in [6, 6.07) is 3.70. The van der Waals surface area contributed by atoms with Crippen LogP contribution in [0.4, 0.5) is 4.79 Å². The maximum atomic E-state index is 11.8. The molecule has 9 heteroatoms. The van der Waals surface area contributed by atoms with Crippen molar-refractivity contribution in [1.82, 2.24) is 10.6 Å². The highest BCUT2D eigenvalue weighted by Gasteiger charge is 2.21. The molecule has 0 aromatic heterocycles. The maximum absolute atomic E-state index is 11.8. The molecular weight excluding hydrogens is 356 g/mol. The van der Waals surface area contributed by atoms with Crippen molar-refractivity contribution in [2.24, 2.45) is 0 Å². The lowest BCUT2D eigenvalue weighted by molar-refractivity contribution is -0.156. The second-order valence-corrected chi connectivity index (χ2v) is 5.96. The molecule has 0 unspecified atom stereocenters. The number of hydrogen-bond acceptors (Lipinski definition) is 7. The molecule has 0 bridgehead atoms. The van der Waals surface area contributed by atoms with E-state index >= 15 is 0 Å². The number of imide groups is 1. The Labute approximate surface area is 157 Å². The first kappa shape index (κ1) is 21.9. The zero-order chi connectivity index (χ0) is 20.6. The largest absolute Gasteiger partial charge is 0.493 e. The number of carbonyl (C=O) groups is 4. The number of benzene rings is 1. The van der Waals surface area contributed by atoms with Crippen LogP contribution in [0, 0.1) is 0 Å². The second-order valence-electron chi connectivity index (χ2n) is 5.96. The highest BCUT2D eigenvalue weighted by Crippen LogP contribution is 2.28. The van der Waals surface area contributed by atoms with Crippen molar-refractivity contribution in [2.45, 2.75) is 39.8 Å². The summed E-state index contributed by atoms with van der Waals surface area (Å²) in [6.45, 7) is 5.74. The molecule has 0 fully saturated rings. The van der Waals surface area contributed by atoms with Crippen molar-refractivity contribution in [1.29, 1.82) is 0 Å². The van der Waals surface area contributed by atoms with Gasteiger partial charge < -0.3 is 19.5 Å². The zero-order valence-corrected chi connectivity index (χ0v) is 16.0. The van der Waals surface area contributed by atoms with Crippen molar-refractivity contribution in [3.05, 3.63) is 23.8 Å². The van der Waals surface area contributed by atoms with Gasteiger partial charge in [0.1, 0.15) is 0 Å². The molecule has 1 atom stereocenters. The Morgan fingerprint density at radius 2 is 1.74 bits per heavy atom. The van der Waals surface area contributed by atoms with Crippen LogP contribution >= 0.6 is 0 Å². The second kappa shape index (κ2) is 10.1. The fourth-order valence-electron chi connectivity index (χ4n) is 1.94. The topological polar surface area (TPSA) is 120 Å². The third-order valence-electron chi connectivity index (χ3n) is 3.25. The van der Waals surface area contributed by atoms with E-state index < -0.39 is 30.6 Å². The summed E-state index contributed by atoms with van der Waals surface area (Å²) in [5.74, 6) is -1.18. The van der Waals surface area contributed by atoms with Gasteiger partial charge in [-0.15, -0.1) is 0 Å². The molecule has 0 aliphatic heterocycles. The number of urea groups is 1. The van der Waals surface area contributed by atoms with E-state index in [1.54, 1.807) is 13.8 Å². The molecule has 0 heterocycles. The standard InChI is InChI=1S/C18H24N2O7/c1-10(2)19-18(24)20-17(23)12(4)27-16(22)9-26-14-7-6-13(11(3)21)8-15(14)25-5/h6-8,10,12H,9H2,1-5H3,(H2,19,20,23,24)/t12-/m1/s1. The molecular formula is C18H24N2O7. The van der Waals surface area contributed by atoms with Crippen molar-refractivity contribution < 1.29 is 33.4 Å². The van der Waals surface area contributed by atoms with E-state index in [2.05, 4.69) is 10.6 Å². The van der Waals surface area contributed by atoms with Gasteiger partial charge in [0, 0.05) is 11.6 Å². The Bertz CT molecular complexity index is 716. The number of Topliss-reactive ketones (excluding diaryl/α,β-unsaturated/α-hetero) is 1. The van der Waals surface area contributed by atoms with Gasteiger partial charge in [0.15, 0.2) is 30.0 Å². The molecule has 9 nitrogen and oxygen atoms in total. The van der Waals surface area contributed by atoms with Crippen molar-refractivity contribution in [2.75, 3.05) is 13.7 Å². The van der Waals surface area contributed by atoms with E-state index in [1.807, 2.05) is 0 Å². The van der Waals surface area contributed by atoms with E-state index in [0.717, 1.165) is 0 Å². The molecule has 148 valence electrons. The van der Waals surface area contributed by atoms with Gasteiger partial charge in [0.25, 0.3) is 5.91 Å². The predicted molar refractivity (Wildman–Crippen MR) is 95.9 cm³/mol. The number of methoxy groups -OCH3 is 1. The molecule has 0 radical (unpaired) electrons. The number of nitrogens with one attached hydrogen (secondary N) is 2. The number of carbonyl (C=O) groups excluding carboxylic acids is 4. The summed E-state index contributed by atoms with van der Waals surface area (Å²) in [5.41, 5.74) is 0.437. The van der Waals surface area contributed by atoms with Crippen LogP contribution in [0.3, 0.4) is 0 Å². The average Bonchev–Trinajstić information content (AvgIpc) is 2.58. The number of amides is 3. The van der Waals surface area contributed by atoms with E-state index in [4.69, 9.17) is 14.2 Å². The van der Waals surface area contributed by atoms with Gasteiger partial charge in [-0.3, -0.25) is 14.9 Å². The van der Waals surface area contributed by atoms with Gasteiger partial charge in [-0.05, 0) is 45.9 Å². The summed E-state index contributed by atoms with van der Waals surface area (Å²) in [5, 5.41) is 4.55. The first-order valence-electron chi connectivity index (χ1n) is 8.26. The molecule has 0 aliphatic rings. The van der Waals surface area contributed by atoms with E-state index in [1.165, 1.54) is 39.2 Å². The van der Waals surface area contributed by atoms with Gasteiger partial charge in [-0.25, -0.2) is 9.59 Å². The summed E-state index contributed by atoms with van der Waals surface area (Å²) >= 11 is 0. The fraction of sp³-hybridized carbons (Fsp3) is 0.444.